The topological polar surface area (TPSA) is 131 Å². The average molecular weight is 681 g/mol. The number of nitrogens with one attached hydrogen (secondary N) is 1. The molecule has 0 bridgehead atoms. The molecule has 0 unspecified atom stereocenters. The third-order valence-corrected chi connectivity index (χ3v) is 11.0. The van der Waals surface area contributed by atoms with Crippen LogP contribution in [0, 0.1) is 23.7 Å². The Morgan fingerprint density at radius 1 is 1.00 bits per heavy atom. The highest BCUT2D eigenvalue weighted by Crippen LogP contribution is 2.42. The molecule has 4 fully saturated rings. The lowest BCUT2D eigenvalue weighted by Crippen LogP contribution is -2.57. The summed E-state index contributed by atoms with van der Waals surface area (Å²) >= 11 is 0. The van der Waals surface area contributed by atoms with Gasteiger partial charge in [-0.2, -0.15) is 0 Å². The van der Waals surface area contributed by atoms with Gasteiger partial charge in [-0.1, -0.05) is 20.8 Å². The van der Waals surface area contributed by atoms with Crippen molar-refractivity contribution in [1.82, 2.24) is 15.1 Å². The molecule has 0 aromatic heterocycles. The second kappa shape index (κ2) is 15.6. The van der Waals surface area contributed by atoms with E-state index in [-0.39, 0.29) is 54.5 Å². The number of amides is 2. The van der Waals surface area contributed by atoms with E-state index in [2.05, 4.69) is 38.0 Å². The summed E-state index contributed by atoms with van der Waals surface area (Å²) in [5.41, 5.74) is -1.83. The van der Waals surface area contributed by atoms with Gasteiger partial charge in [0.2, 0.25) is 11.8 Å². The number of aliphatic hydroxyl groups is 1. The summed E-state index contributed by atoms with van der Waals surface area (Å²) in [7, 11) is 5.52. The molecule has 2 N–H and O–H groups in total. The summed E-state index contributed by atoms with van der Waals surface area (Å²) in [5, 5.41) is 15.3. The van der Waals surface area contributed by atoms with E-state index in [9.17, 15) is 14.7 Å². The molecule has 4 aliphatic rings. The first-order chi connectivity index (χ1) is 22.3. The normalized spacial score (nSPS) is 44.6. The van der Waals surface area contributed by atoms with Crippen molar-refractivity contribution in [3.05, 3.63) is 0 Å². The van der Waals surface area contributed by atoms with Crippen LogP contribution in [0.1, 0.15) is 94.4 Å². The predicted molar refractivity (Wildman–Crippen MR) is 183 cm³/mol. The van der Waals surface area contributed by atoms with Gasteiger partial charge in [0.25, 0.3) is 0 Å². The van der Waals surface area contributed by atoms with Crippen LogP contribution in [0.3, 0.4) is 0 Å². The maximum atomic E-state index is 13.7. The molecule has 0 radical (unpaired) electrons. The number of likely N-dealkylation sites (N-methyl/N-ethyl adjacent to an activating group) is 1. The van der Waals surface area contributed by atoms with Crippen molar-refractivity contribution >= 4 is 17.6 Å². The lowest BCUT2D eigenvalue weighted by Gasteiger charge is -2.47. The molecule has 2 amide bonds. The molecule has 0 aromatic carbocycles. The molecule has 4 rings (SSSR count). The van der Waals surface area contributed by atoms with Gasteiger partial charge >= 0.3 is 0 Å². The number of likely N-dealkylation sites (tertiary alicyclic amines) is 1. The molecule has 0 aliphatic carbocycles. The van der Waals surface area contributed by atoms with Gasteiger partial charge in [-0.25, -0.2) is 0 Å². The number of ether oxygens (including phenoxy) is 5. The van der Waals surface area contributed by atoms with Crippen LogP contribution in [-0.4, -0.2) is 127 Å². The lowest BCUT2D eigenvalue weighted by molar-refractivity contribution is -0.298. The molecule has 4 saturated heterocycles. The number of fused-ring (bicyclic) bond motifs is 1. The number of hydrogen-bond donors (Lipinski definition) is 2. The van der Waals surface area contributed by atoms with Gasteiger partial charge in [-0.15, -0.1) is 0 Å². The number of aliphatic imine (C=N–C) groups is 1. The fourth-order valence-corrected chi connectivity index (χ4v) is 8.62. The Bertz CT molecular complexity index is 1150. The van der Waals surface area contributed by atoms with E-state index in [1.54, 1.807) is 32.9 Å². The van der Waals surface area contributed by atoms with Crippen molar-refractivity contribution in [2.45, 2.75) is 155 Å². The Morgan fingerprint density at radius 2 is 1.69 bits per heavy atom. The van der Waals surface area contributed by atoms with E-state index in [1.165, 1.54) is 0 Å². The monoisotopic (exact) mass is 680 g/mol. The number of carbonyl (C=O) groups is 2. The Hall–Kier alpha value is -1.83. The van der Waals surface area contributed by atoms with Crippen LogP contribution in [0.4, 0.5) is 0 Å². The lowest BCUT2D eigenvalue weighted by atomic mass is 9.77. The van der Waals surface area contributed by atoms with E-state index in [4.69, 9.17) is 28.7 Å². The molecule has 12 nitrogen and oxygen atoms in total. The summed E-state index contributed by atoms with van der Waals surface area (Å²) in [5.74, 6) is -0.701. The second-order valence-electron chi connectivity index (χ2n) is 16.1. The SMILES string of the molecule is CO[C@]1(C)C[C@H](O[C@H]2[C@H](C)[C@@H](O[C@@H]3O[C@H](C)C[C@H]4[C@H]3C/C(=N\C(C)C)N4C)[C@](C)(O)C[C@@H](C)CN(C)C(=O)CNC(=O)[C@@H]2C)O[C@@H](C)C1. The zero-order chi connectivity index (χ0) is 35.7. The number of nitrogens with zero attached hydrogens (tertiary/aromatic N) is 3. The van der Waals surface area contributed by atoms with Gasteiger partial charge in [-0.3, -0.25) is 14.6 Å². The highest BCUT2D eigenvalue weighted by Gasteiger charge is 2.52. The molecule has 13 atom stereocenters. The molecule has 12 heteroatoms. The van der Waals surface area contributed by atoms with Gasteiger partial charge in [0.1, 0.15) is 0 Å². The molecule has 0 aromatic rings. The summed E-state index contributed by atoms with van der Waals surface area (Å²) in [4.78, 5) is 35.5. The first-order valence-corrected chi connectivity index (χ1v) is 18.0. The van der Waals surface area contributed by atoms with Crippen LogP contribution in [0.15, 0.2) is 4.99 Å². The number of amidine groups is 1. The highest BCUT2D eigenvalue weighted by molar-refractivity contribution is 5.86. The molecule has 4 aliphatic heterocycles. The maximum absolute atomic E-state index is 13.7. The summed E-state index contributed by atoms with van der Waals surface area (Å²) < 4.78 is 32.5. The first-order valence-electron chi connectivity index (χ1n) is 18.0. The van der Waals surface area contributed by atoms with E-state index < -0.39 is 47.8 Å². The number of rotatable bonds is 6. The minimum atomic E-state index is -1.37. The van der Waals surface area contributed by atoms with E-state index in [0.717, 1.165) is 12.3 Å². The third-order valence-electron chi connectivity index (χ3n) is 11.0. The van der Waals surface area contributed by atoms with Crippen molar-refractivity contribution in [1.29, 1.82) is 0 Å². The van der Waals surface area contributed by atoms with Crippen molar-refractivity contribution in [2.24, 2.45) is 28.7 Å². The summed E-state index contributed by atoms with van der Waals surface area (Å²) in [6.45, 7) is 18.2. The van der Waals surface area contributed by atoms with Gasteiger partial charge in [0.15, 0.2) is 12.6 Å². The zero-order valence-corrected chi connectivity index (χ0v) is 31.5. The van der Waals surface area contributed by atoms with Gasteiger partial charge in [-0.05, 0) is 60.3 Å². The Kier molecular flexibility index (Phi) is 12.7. The van der Waals surface area contributed by atoms with Gasteiger partial charge in [0.05, 0.1) is 53.9 Å². The average Bonchev–Trinajstić information content (AvgIpc) is 3.29. The maximum Gasteiger partial charge on any atom is 0.241 e. The zero-order valence-electron chi connectivity index (χ0n) is 31.5. The van der Waals surface area contributed by atoms with Crippen molar-refractivity contribution in [3.8, 4) is 0 Å². The fourth-order valence-electron chi connectivity index (χ4n) is 8.62. The van der Waals surface area contributed by atoms with Crippen molar-refractivity contribution in [2.75, 3.05) is 34.3 Å². The van der Waals surface area contributed by atoms with Crippen LogP contribution < -0.4 is 5.32 Å². The minimum Gasteiger partial charge on any atom is -0.387 e. The molecule has 276 valence electrons. The molecule has 4 heterocycles. The quantitative estimate of drug-likeness (QED) is 0.432. The molecular formula is C36H64N4O8. The van der Waals surface area contributed by atoms with Crippen LogP contribution in [0.5, 0.6) is 0 Å². The van der Waals surface area contributed by atoms with Gasteiger partial charge < -0.3 is 43.9 Å². The number of carbonyl (C=O) groups excluding carboxylic acids is 2. The molecule has 0 spiro atoms. The Morgan fingerprint density at radius 3 is 2.33 bits per heavy atom. The number of hydrogen-bond acceptors (Lipinski definition) is 9. The first kappa shape index (κ1) is 39.0. The molecule has 48 heavy (non-hydrogen) atoms. The van der Waals surface area contributed by atoms with Crippen molar-refractivity contribution in [3.63, 3.8) is 0 Å². The van der Waals surface area contributed by atoms with Crippen molar-refractivity contribution < 1.29 is 38.4 Å². The minimum absolute atomic E-state index is 0.0162. The standard InChI is InChI=1S/C36H64N4O8/c1-20(2)38-28-14-26-27(40(28)11)13-22(4)46-34(26)48-32-24(6)31(47-30-17-35(8,44-12)16-23(5)45-30)25(7)33(42)37-18-29(41)39(10)19-21(3)15-36(32,9)43/h20-27,30-32,34,43H,13-19H2,1-12H3,(H,37,42)/b38-28+/t21-,22-,23+,24+,25-,26-,27+,30+,31+,32-,34+,35+,36-/m1/s1. The van der Waals surface area contributed by atoms with Crippen LogP contribution >= 0.6 is 0 Å². The largest absolute Gasteiger partial charge is 0.387 e. The fraction of sp³-hybridized carbons (Fsp3) is 0.917. The summed E-state index contributed by atoms with van der Waals surface area (Å²) in [6.07, 6.45) is 0.147. The van der Waals surface area contributed by atoms with Crippen LogP contribution in [0.2, 0.25) is 0 Å². The van der Waals surface area contributed by atoms with Crippen LogP contribution in [-0.2, 0) is 33.3 Å². The smallest absolute Gasteiger partial charge is 0.241 e. The Balaban J connectivity index is 1.74. The van der Waals surface area contributed by atoms with Gasteiger partial charge in [0, 0.05) is 70.9 Å². The van der Waals surface area contributed by atoms with E-state index >= 15 is 0 Å². The Labute approximate surface area is 288 Å². The number of methoxy groups -OCH3 is 1. The third kappa shape index (κ3) is 9.09. The van der Waals surface area contributed by atoms with E-state index in [0.29, 0.717) is 32.2 Å². The second-order valence-corrected chi connectivity index (χ2v) is 16.1. The van der Waals surface area contributed by atoms with E-state index in [1.807, 2.05) is 27.7 Å². The molecule has 0 saturated carbocycles. The van der Waals surface area contributed by atoms with Crippen LogP contribution in [0.25, 0.3) is 0 Å². The summed E-state index contributed by atoms with van der Waals surface area (Å²) in [6, 6.07) is 0.351. The predicted octanol–water partition coefficient (Wildman–Crippen LogP) is 3.59. The highest BCUT2D eigenvalue weighted by atomic mass is 16.7. The molecular weight excluding hydrogens is 616 g/mol.